The number of nitrogens with zero attached hydrogens (tertiary/aromatic N) is 3. The van der Waals surface area contributed by atoms with Crippen LogP contribution in [0, 0.1) is 5.82 Å². The van der Waals surface area contributed by atoms with Gasteiger partial charge in [0.2, 0.25) is 5.91 Å². The minimum Gasteiger partial charge on any atom is -0.325 e. The molecule has 0 aliphatic rings. The summed E-state index contributed by atoms with van der Waals surface area (Å²) in [6, 6.07) is 11.1. The Balaban J connectivity index is 1.74. The molecule has 0 spiro atoms. The third-order valence-electron chi connectivity index (χ3n) is 3.62. The zero-order valence-electron chi connectivity index (χ0n) is 14.5. The number of carbonyl (C=O) groups excluding carboxylic acids is 1. The molecule has 5 nitrogen and oxygen atoms in total. The zero-order chi connectivity index (χ0) is 20.1. The molecule has 0 bridgehead atoms. The number of anilines is 1. The van der Waals surface area contributed by atoms with E-state index in [1.807, 2.05) is 0 Å². The summed E-state index contributed by atoms with van der Waals surface area (Å²) in [6.45, 7) is 4.10. The largest absolute Gasteiger partial charge is 0.325 e. The molecule has 1 amide bonds. The van der Waals surface area contributed by atoms with Gasteiger partial charge in [-0.25, -0.2) is 4.39 Å². The molecule has 1 N–H and O–H groups in total. The van der Waals surface area contributed by atoms with Gasteiger partial charge in [-0.1, -0.05) is 53.2 Å². The van der Waals surface area contributed by atoms with Crippen LogP contribution in [0.15, 0.2) is 60.3 Å². The van der Waals surface area contributed by atoms with Crippen molar-refractivity contribution in [3.05, 3.63) is 71.0 Å². The highest BCUT2D eigenvalue weighted by molar-refractivity contribution is 7.99. The molecule has 0 saturated heterocycles. The highest BCUT2D eigenvalue weighted by Crippen LogP contribution is 2.27. The predicted octanol–water partition coefficient (Wildman–Crippen LogP) is 5.31. The lowest BCUT2D eigenvalue weighted by molar-refractivity contribution is -0.113. The maximum Gasteiger partial charge on any atom is 0.234 e. The standard InChI is InChI=1S/C19H15Cl2FN4OS/c1-2-7-26-18(15-5-3-4-6-16(15)22)24-25-19(26)28-11-17(27)23-14-9-12(20)8-13(21)10-14/h2-6,8-10H,1,7,11H2,(H,23,27). The van der Waals surface area contributed by atoms with Crippen molar-refractivity contribution in [3.8, 4) is 11.4 Å². The fourth-order valence-electron chi connectivity index (χ4n) is 2.48. The first kappa shape index (κ1) is 20.4. The molecular weight excluding hydrogens is 422 g/mol. The Morgan fingerprint density at radius 3 is 2.61 bits per heavy atom. The van der Waals surface area contributed by atoms with E-state index < -0.39 is 5.82 Å². The molecule has 0 unspecified atom stereocenters. The average molecular weight is 437 g/mol. The van der Waals surface area contributed by atoms with Crippen LogP contribution in [-0.4, -0.2) is 26.4 Å². The molecule has 0 radical (unpaired) electrons. The second-order valence-corrected chi connectivity index (χ2v) is 7.50. The molecule has 1 aromatic heterocycles. The van der Waals surface area contributed by atoms with Crippen LogP contribution < -0.4 is 5.32 Å². The van der Waals surface area contributed by atoms with Gasteiger partial charge in [0.1, 0.15) is 5.82 Å². The predicted molar refractivity (Wildman–Crippen MR) is 111 cm³/mol. The topological polar surface area (TPSA) is 59.8 Å². The fourth-order valence-corrected chi connectivity index (χ4v) is 3.76. The molecule has 0 aliphatic carbocycles. The van der Waals surface area contributed by atoms with Crippen LogP contribution in [-0.2, 0) is 11.3 Å². The monoisotopic (exact) mass is 436 g/mol. The Morgan fingerprint density at radius 2 is 1.93 bits per heavy atom. The first-order valence-corrected chi connectivity index (χ1v) is 9.90. The normalized spacial score (nSPS) is 10.7. The van der Waals surface area contributed by atoms with Gasteiger partial charge in [-0.15, -0.1) is 16.8 Å². The molecule has 144 valence electrons. The number of benzene rings is 2. The van der Waals surface area contributed by atoms with Crippen LogP contribution in [0.1, 0.15) is 0 Å². The Bertz CT molecular complexity index is 1000. The quantitative estimate of drug-likeness (QED) is 0.402. The second kappa shape index (κ2) is 9.23. The number of aromatic nitrogens is 3. The van der Waals surface area contributed by atoms with E-state index in [1.165, 1.54) is 17.8 Å². The van der Waals surface area contributed by atoms with Gasteiger partial charge in [-0.2, -0.15) is 0 Å². The third kappa shape index (κ3) is 4.92. The lowest BCUT2D eigenvalue weighted by Gasteiger charge is -2.09. The van der Waals surface area contributed by atoms with Gasteiger partial charge in [-0.05, 0) is 30.3 Å². The SMILES string of the molecule is C=CCn1c(SCC(=O)Nc2cc(Cl)cc(Cl)c2)nnc1-c1ccccc1F. The lowest BCUT2D eigenvalue weighted by atomic mass is 10.2. The average Bonchev–Trinajstić information content (AvgIpc) is 3.02. The van der Waals surface area contributed by atoms with Crippen molar-refractivity contribution in [2.24, 2.45) is 0 Å². The van der Waals surface area contributed by atoms with Crippen molar-refractivity contribution in [2.45, 2.75) is 11.7 Å². The van der Waals surface area contributed by atoms with E-state index in [2.05, 4.69) is 22.1 Å². The second-order valence-electron chi connectivity index (χ2n) is 5.68. The molecular formula is C19H15Cl2FN4OS. The first-order valence-electron chi connectivity index (χ1n) is 8.15. The van der Waals surface area contributed by atoms with E-state index in [-0.39, 0.29) is 11.7 Å². The number of carbonyl (C=O) groups is 1. The van der Waals surface area contributed by atoms with Crippen molar-refractivity contribution in [2.75, 3.05) is 11.1 Å². The van der Waals surface area contributed by atoms with Crippen LogP contribution in [0.25, 0.3) is 11.4 Å². The van der Waals surface area contributed by atoms with Gasteiger partial charge in [0.25, 0.3) is 0 Å². The Morgan fingerprint density at radius 1 is 1.21 bits per heavy atom. The highest BCUT2D eigenvalue weighted by atomic mass is 35.5. The Labute approximate surface area is 175 Å². The van der Waals surface area contributed by atoms with Crippen molar-refractivity contribution in [1.82, 2.24) is 14.8 Å². The summed E-state index contributed by atoms with van der Waals surface area (Å²) in [5, 5.41) is 12.3. The zero-order valence-corrected chi connectivity index (χ0v) is 16.9. The van der Waals surface area contributed by atoms with Crippen LogP contribution in [0.4, 0.5) is 10.1 Å². The number of halogens is 3. The molecule has 3 rings (SSSR count). The van der Waals surface area contributed by atoms with E-state index in [1.54, 1.807) is 47.0 Å². The van der Waals surface area contributed by atoms with E-state index >= 15 is 0 Å². The van der Waals surface area contributed by atoms with E-state index in [0.717, 1.165) is 0 Å². The van der Waals surface area contributed by atoms with Gasteiger partial charge in [0, 0.05) is 22.3 Å². The Kier molecular flexibility index (Phi) is 6.72. The first-order chi connectivity index (χ1) is 13.5. The van der Waals surface area contributed by atoms with Crippen LogP contribution in [0.2, 0.25) is 10.0 Å². The molecule has 1 heterocycles. The number of allylic oxidation sites excluding steroid dienone is 1. The molecule has 3 aromatic rings. The van der Waals surface area contributed by atoms with E-state index in [0.29, 0.717) is 38.8 Å². The molecule has 28 heavy (non-hydrogen) atoms. The maximum atomic E-state index is 14.1. The van der Waals surface area contributed by atoms with E-state index in [9.17, 15) is 9.18 Å². The van der Waals surface area contributed by atoms with Crippen molar-refractivity contribution >= 4 is 46.6 Å². The summed E-state index contributed by atoms with van der Waals surface area (Å²) in [4.78, 5) is 12.3. The highest BCUT2D eigenvalue weighted by Gasteiger charge is 2.17. The maximum absolute atomic E-state index is 14.1. The number of nitrogens with one attached hydrogen (secondary N) is 1. The number of thioether (sulfide) groups is 1. The third-order valence-corrected chi connectivity index (χ3v) is 5.03. The van der Waals surface area contributed by atoms with Crippen LogP contribution in [0.5, 0.6) is 0 Å². The number of hydrogen-bond donors (Lipinski definition) is 1. The Hall–Kier alpha value is -2.35. The molecule has 0 fully saturated rings. The van der Waals surface area contributed by atoms with Crippen LogP contribution >= 0.6 is 35.0 Å². The molecule has 0 aliphatic heterocycles. The minimum absolute atomic E-state index is 0.0800. The minimum atomic E-state index is -0.396. The smallest absolute Gasteiger partial charge is 0.234 e. The number of rotatable bonds is 7. The van der Waals surface area contributed by atoms with Crippen LogP contribution in [0.3, 0.4) is 0 Å². The molecule has 0 atom stereocenters. The number of hydrogen-bond acceptors (Lipinski definition) is 4. The molecule has 2 aromatic carbocycles. The summed E-state index contributed by atoms with van der Waals surface area (Å²) < 4.78 is 15.8. The van der Waals surface area contributed by atoms with Gasteiger partial charge in [-0.3, -0.25) is 9.36 Å². The van der Waals surface area contributed by atoms with Crippen molar-refractivity contribution < 1.29 is 9.18 Å². The van der Waals surface area contributed by atoms with Gasteiger partial charge in [0.15, 0.2) is 11.0 Å². The van der Waals surface area contributed by atoms with Gasteiger partial charge in [0.05, 0.1) is 11.3 Å². The summed E-state index contributed by atoms with van der Waals surface area (Å²) in [5.41, 5.74) is 0.837. The van der Waals surface area contributed by atoms with Gasteiger partial charge < -0.3 is 5.32 Å². The summed E-state index contributed by atoms with van der Waals surface area (Å²) in [6.07, 6.45) is 1.66. The summed E-state index contributed by atoms with van der Waals surface area (Å²) >= 11 is 13.1. The summed E-state index contributed by atoms with van der Waals surface area (Å²) in [5.74, 6) is -0.199. The fraction of sp³-hybridized carbons (Fsp3) is 0.105. The van der Waals surface area contributed by atoms with Crippen molar-refractivity contribution in [3.63, 3.8) is 0 Å². The van der Waals surface area contributed by atoms with Gasteiger partial charge >= 0.3 is 0 Å². The molecule has 0 saturated carbocycles. The molecule has 9 heteroatoms. The summed E-state index contributed by atoms with van der Waals surface area (Å²) in [7, 11) is 0. The van der Waals surface area contributed by atoms with E-state index in [4.69, 9.17) is 23.2 Å². The van der Waals surface area contributed by atoms with Crippen molar-refractivity contribution in [1.29, 1.82) is 0 Å². The lowest BCUT2D eigenvalue weighted by Crippen LogP contribution is -2.14. The number of amides is 1.